The van der Waals surface area contributed by atoms with E-state index in [1.54, 1.807) is 6.92 Å². The summed E-state index contributed by atoms with van der Waals surface area (Å²) in [5, 5.41) is 6.88. The average molecular weight is 476 g/mol. The van der Waals surface area contributed by atoms with E-state index >= 15 is 0 Å². The molecule has 0 heterocycles. The molecule has 1 fully saturated rings. The van der Waals surface area contributed by atoms with E-state index in [9.17, 15) is 4.79 Å². The van der Waals surface area contributed by atoms with Gasteiger partial charge in [0.05, 0.1) is 11.2 Å². The van der Waals surface area contributed by atoms with Gasteiger partial charge in [-0.25, -0.2) is 9.52 Å². The van der Waals surface area contributed by atoms with Crippen LogP contribution in [0.15, 0.2) is 35.5 Å². The van der Waals surface area contributed by atoms with Gasteiger partial charge in [-0.15, -0.1) is 11.8 Å². The Bertz CT molecular complexity index is 728. The Hall–Kier alpha value is -0.730. The zero-order chi connectivity index (χ0) is 21.2. The lowest BCUT2D eigenvalue weighted by Gasteiger charge is -2.45. The molecule has 6 nitrogen and oxygen atoms in total. The molecule has 1 unspecified atom stereocenters. The second kappa shape index (κ2) is 12.2. The highest BCUT2D eigenvalue weighted by atomic mass is 32.4. The van der Waals surface area contributed by atoms with Crippen molar-refractivity contribution in [1.29, 1.82) is 0 Å². The highest BCUT2D eigenvalue weighted by Crippen LogP contribution is 2.63. The fourth-order valence-corrected chi connectivity index (χ4v) is 8.30. The highest BCUT2D eigenvalue weighted by Gasteiger charge is 2.46. The van der Waals surface area contributed by atoms with Crippen LogP contribution in [0.2, 0.25) is 0 Å². The van der Waals surface area contributed by atoms with E-state index in [1.165, 1.54) is 30.1 Å². The quantitative estimate of drug-likeness (QED) is 0.0688. The summed E-state index contributed by atoms with van der Waals surface area (Å²) < 4.78 is 10.1. The van der Waals surface area contributed by atoms with Crippen LogP contribution < -0.4 is 14.6 Å². The number of rotatable bonds is 9. The molecule has 2 N–H and O–H groups in total. The van der Waals surface area contributed by atoms with Gasteiger partial charge < -0.3 is 9.84 Å². The molecular weight excluding hydrogens is 445 g/mol. The minimum atomic E-state index is -2.19. The number of para-hydroxylation sites is 1. The van der Waals surface area contributed by atoms with Crippen LogP contribution in [0.25, 0.3) is 0 Å². The third-order valence-electron chi connectivity index (χ3n) is 4.85. The van der Waals surface area contributed by atoms with E-state index < -0.39 is 12.4 Å². The fourth-order valence-electron chi connectivity index (χ4n) is 3.20. The zero-order valence-electron chi connectivity index (χ0n) is 17.2. The summed E-state index contributed by atoms with van der Waals surface area (Å²) in [6.45, 7) is 3.90. The number of hydrogen-bond donors (Lipinski definition) is 2. The summed E-state index contributed by atoms with van der Waals surface area (Å²) in [5.41, 5.74) is 0. The molecule has 1 atom stereocenters. The predicted octanol–water partition coefficient (Wildman–Crippen LogP) is 5.76. The normalized spacial score (nSPS) is 18.5. The van der Waals surface area contributed by atoms with Gasteiger partial charge in [0, 0.05) is 6.16 Å². The zero-order valence-corrected chi connectivity index (χ0v) is 20.5. The Morgan fingerprint density at radius 3 is 2.59 bits per heavy atom. The first-order valence-electron chi connectivity index (χ1n) is 9.71. The van der Waals surface area contributed by atoms with Crippen molar-refractivity contribution in [3.05, 3.63) is 30.3 Å². The molecule has 0 bridgehead atoms. The molecule has 1 aromatic carbocycles. The fraction of sp³-hybridized carbons (Fsp3) is 0.579. The molecular formula is C19H30N3O3PS3. The minimum Gasteiger partial charge on any atom is -0.465 e. The first-order valence-corrected chi connectivity index (χ1v) is 14.8. The number of nitrogens with zero attached hydrogens (tertiary/aromatic N) is 1. The number of nitrogens with one attached hydrogen (secondary N) is 2. The van der Waals surface area contributed by atoms with Crippen molar-refractivity contribution >= 4 is 52.9 Å². The molecule has 10 heteroatoms. The van der Waals surface area contributed by atoms with E-state index in [0.717, 1.165) is 37.6 Å². The summed E-state index contributed by atoms with van der Waals surface area (Å²) >= 11 is 9.05. The van der Waals surface area contributed by atoms with E-state index in [2.05, 4.69) is 22.1 Å². The molecule has 2 rings (SSSR count). The Morgan fingerprint density at radius 2 is 1.97 bits per heavy atom. The van der Waals surface area contributed by atoms with Gasteiger partial charge in [0.15, 0.2) is 0 Å². The van der Waals surface area contributed by atoms with Gasteiger partial charge in [-0.1, -0.05) is 73.3 Å². The maximum atomic E-state index is 11.8. The van der Waals surface area contributed by atoms with Gasteiger partial charge in [-0.3, -0.25) is 4.84 Å². The molecule has 1 aliphatic rings. The summed E-state index contributed by atoms with van der Waals surface area (Å²) in [6, 6.07) is 9.85. The van der Waals surface area contributed by atoms with Gasteiger partial charge >= 0.3 is 6.09 Å². The monoisotopic (exact) mass is 475 g/mol. The summed E-state index contributed by atoms with van der Waals surface area (Å²) in [6.07, 6.45) is 5.37. The minimum absolute atomic E-state index is 0.241. The molecule has 0 spiro atoms. The summed E-state index contributed by atoms with van der Waals surface area (Å²) in [7, 11) is 0. The second-order valence-corrected chi connectivity index (χ2v) is 13.3. The van der Waals surface area contributed by atoms with E-state index in [-0.39, 0.29) is 5.28 Å². The molecule has 162 valence electrons. The van der Waals surface area contributed by atoms with Crippen LogP contribution in [0.5, 0.6) is 5.75 Å². The first-order chi connectivity index (χ1) is 13.9. The van der Waals surface area contributed by atoms with Crippen LogP contribution in [-0.2, 0) is 16.6 Å². The van der Waals surface area contributed by atoms with Crippen molar-refractivity contribution in [1.82, 2.24) is 10.0 Å². The van der Waals surface area contributed by atoms with Crippen molar-refractivity contribution in [2.75, 3.05) is 18.3 Å². The maximum absolute atomic E-state index is 11.8. The van der Waals surface area contributed by atoms with Crippen molar-refractivity contribution in [3.63, 3.8) is 0 Å². The molecule has 1 aromatic rings. The SMILES string of the molecule is CCP(=S)(Oc1ccccc1)C1(NSCNC(=O)ON=C(C)SC)CCCCC1. The van der Waals surface area contributed by atoms with Gasteiger partial charge in [0.1, 0.15) is 17.1 Å². The van der Waals surface area contributed by atoms with Gasteiger partial charge in [-0.05, 0) is 38.2 Å². The number of amides is 1. The van der Waals surface area contributed by atoms with Crippen LogP contribution in [0, 0.1) is 0 Å². The van der Waals surface area contributed by atoms with Crippen LogP contribution in [0.3, 0.4) is 0 Å². The van der Waals surface area contributed by atoms with Crippen LogP contribution in [-0.4, -0.2) is 34.7 Å². The first kappa shape index (κ1) is 24.5. The van der Waals surface area contributed by atoms with Crippen molar-refractivity contribution in [3.8, 4) is 5.75 Å². The number of oxime groups is 1. The summed E-state index contributed by atoms with van der Waals surface area (Å²) in [5.74, 6) is 1.19. The molecule has 1 aliphatic carbocycles. The Labute approximate surface area is 187 Å². The van der Waals surface area contributed by atoms with Gasteiger partial charge in [-0.2, -0.15) is 0 Å². The van der Waals surface area contributed by atoms with E-state index in [0.29, 0.717) is 10.9 Å². The highest BCUT2D eigenvalue weighted by molar-refractivity contribution is 8.13. The lowest BCUT2D eigenvalue weighted by Crippen LogP contribution is -2.45. The lowest BCUT2D eigenvalue weighted by molar-refractivity contribution is 0.153. The molecule has 1 saturated carbocycles. The van der Waals surface area contributed by atoms with E-state index in [1.807, 2.05) is 36.6 Å². The standard InChI is InChI=1S/C19H30N3O3PS3/c1-4-26(27,25-17-11-7-5-8-12-17)19(13-9-6-10-14-19)22-29-15-20-18(23)24-21-16(2)28-3/h5,7-8,11-12,22H,4,6,9-10,13-15H2,1-3H3,(H,20,23). The summed E-state index contributed by atoms with van der Waals surface area (Å²) in [4.78, 5) is 16.6. The number of hydrogen-bond acceptors (Lipinski definition) is 8. The van der Waals surface area contributed by atoms with Crippen molar-refractivity contribution < 1.29 is 14.2 Å². The number of benzene rings is 1. The van der Waals surface area contributed by atoms with Crippen LogP contribution in [0.4, 0.5) is 4.79 Å². The Morgan fingerprint density at radius 1 is 1.28 bits per heavy atom. The molecule has 0 aliphatic heterocycles. The third-order valence-corrected chi connectivity index (χ3v) is 11.7. The average Bonchev–Trinajstić information content (AvgIpc) is 2.76. The van der Waals surface area contributed by atoms with Crippen LogP contribution in [0.1, 0.15) is 46.0 Å². The molecule has 29 heavy (non-hydrogen) atoms. The lowest BCUT2D eigenvalue weighted by atomic mass is 9.95. The molecule has 0 aromatic heterocycles. The van der Waals surface area contributed by atoms with Crippen LogP contribution >= 0.6 is 30.0 Å². The molecule has 1 amide bonds. The van der Waals surface area contributed by atoms with Gasteiger partial charge in [0.2, 0.25) is 0 Å². The Balaban J connectivity index is 2.00. The number of carbonyl (C=O) groups excluding carboxylic acids is 1. The maximum Gasteiger partial charge on any atom is 0.434 e. The van der Waals surface area contributed by atoms with Crippen molar-refractivity contribution in [2.45, 2.75) is 51.2 Å². The number of thioether (sulfide) groups is 1. The molecule has 0 saturated heterocycles. The second-order valence-electron chi connectivity index (χ2n) is 6.75. The predicted molar refractivity (Wildman–Crippen MR) is 130 cm³/mol. The van der Waals surface area contributed by atoms with E-state index in [4.69, 9.17) is 21.2 Å². The smallest absolute Gasteiger partial charge is 0.434 e. The Kier molecular flexibility index (Phi) is 10.3. The number of carbonyl (C=O) groups is 1. The third kappa shape index (κ3) is 7.17. The largest absolute Gasteiger partial charge is 0.465 e. The molecule has 0 radical (unpaired) electrons. The van der Waals surface area contributed by atoms with Gasteiger partial charge in [0.25, 0.3) is 0 Å². The van der Waals surface area contributed by atoms with Crippen molar-refractivity contribution in [2.24, 2.45) is 5.16 Å². The topological polar surface area (TPSA) is 72.0 Å².